The molecule has 0 spiro atoms. The summed E-state index contributed by atoms with van der Waals surface area (Å²) in [6.07, 6.45) is 1.17. The fourth-order valence-corrected chi connectivity index (χ4v) is 3.29. The summed E-state index contributed by atoms with van der Waals surface area (Å²) in [6.45, 7) is 7.49. The summed E-state index contributed by atoms with van der Waals surface area (Å²) >= 11 is 7.08. The lowest BCUT2D eigenvalue weighted by Crippen LogP contribution is -2.24. The van der Waals surface area contributed by atoms with Crippen LogP contribution in [-0.4, -0.2) is 37.5 Å². The largest absolute Gasteiger partial charge is 0.489 e. The molecule has 4 nitrogen and oxygen atoms in total. The Labute approximate surface area is 143 Å². The molecule has 1 aromatic carbocycles. The highest BCUT2D eigenvalue weighted by Crippen LogP contribution is 2.33. The molecule has 6 heteroatoms. The van der Waals surface area contributed by atoms with Gasteiger partial charge in [-0.05, 0) is 61.4 Å². The van der Waals surface area contributed by atoms with Crippen molar-refractivity contribution < 1.29 is 9.84 Å². The maximum Gasteiger partial charge on any atom is 0.138 e. The first-order valence-electron chi connectivity index (χ1n) is 7.21. The first kappa shape index (κ1) is 18.9. The zero-order valence-corrected chi connectivity index (χ0v) is 15.8. The Morgan fingerprint density at radius 1 is 1.14 bits per heavy atom. The van der Waals surface area contributed by atoms with Crippen LogP contribution < -0.4 is 15.4 Å². The molecule has 0 bridgehead atoms. The van der Waals surface area contributed by atoms with Crippen LogP contribution >= 0.6 is 31.9 Å². The Morgan fingerprint density at radius 3 is 2.52 bits per heavy atom. The van der Waals surface area contributed by atoms with Gasteiger partial charge in [-0.2, -0.15) is 0 Å². The van der Waals surface area contributed by atoms with Crippen molar-refractivity contribution in [2.75, 3.05) is 26.2 Å². The molecule has 0 amide bonds. The van der Waals surface area contributed by atoms with Crippen LogP contribution in [0.25, 0.3) is 0 Å². The SMILES string of the molecule is CC(C)Oc1c(Br)cc(Br)cc1CNCCCNCCO. The lowest BCUT2D eigenvalue weighted by atomic mass is 10.2. The summed E-state index contributed by atoms with van der Waals surface area (Å²) in [5.74, 6) is 0.902. The molecule has 0 saturated heterocycles. The van der Waals surface area contributed by atoms with Crippen LogP contribution in [0.15, 0.2) is 21.1 Å². The number of rotatable bonds is 10. The molecule has 0 atom stereocenters. The van der Waals surface area contributed by atoms with E-state index in [1.165, 1.54) is 0 Å². The van der Waals surface area contributed by atoms with E-state index >= 15 is 0 Å². The van der Waals surface area contributed by atoms with Crippen LogP contribution in [0.3, 0.4) is 0 Å². The van der Waals surface area contributed by atoms with Gasteiger partial charge >= 0.3 is 0 Å². The van der Waals surface area contributed by atoms with Gasteiger partial charge in [0.05, 0.1) is 17.2 Å². The molecule has 21 heavy (non-hydrogen) atoms. The van der Waals surface area contributed by atoms with Crippen LogP contribution in [0.5, 0.6) is 5.75 Å². The first-order valence-corrected chi connectivity index (χ1v) is 8.80. The zero-order valence-electron chi connectivity index (χ0n) is 12.6. The number of nitrogens with one attached hydrogen (secondary N) is 2. The van der Waals surface area contributed by atoms with Crippen molar-refractivity contribution in [2.45, 2.75) is 32.9 Å². The number of hydrogen-bond acceptors (Lipinski definition) is 4. The minimum absolute atomic E-state index is 0.143. The Kier molecular flexibility index (Phi) is 9.51. The Bertz CT molecular complexity index is 428. The normalized spacial score (nSPS) is 11.1. The molecule has 120 valence electrons. The Hall–Kier alpha value is -0.140. The van der Waals surface area contributed by atoms with E-state index in [1.54, 1.807) is 0 Å². The second-order valence-corrected chi connectivity index (χ2v) is 6.82. The number of ether oxygens (including phenoxy) is 1. The van der Waals surface area contributed by atoms with E-state index in [-0.39, 0.29) is 12.7 Å². The highest BCUT2D eigenvalue weighted by Gasteiger charge is 2.11. The summed E-state index contributed by atoms with van der Waals surface area (Å²) < 4.78 is 7.89. The lowest BCUT2D eigenvalue weighted by Gasteiger charge is -2.17. The number of aliphatic hydroxyl groups is 1. The van der Waals surface area contributed by atoms with Crippen LogP contribution in [0.2, 0.25) is 0 Å². The van der Waals surface area contributed by atoms with Gasteiger partial charge in [0.2, 0.25) is 0 Å². The van der Waals surface area contributed by atoms with E-state index < -0.39 is 0 Å². The zero-order chi connectivity index (χ0) is 15.7. The van der Waals surface area contributed by atoms with Gasteiger partial charge in [-0.1, -0.05) is 15.9 Å². The molecule has 3 N–H and O–H groups in total. The minimum Gasteiger partial charge on any atom is -0.489 e. The molecule has 1 rings (SSSR count). The highest BCUT2D eigenvalue weighted by molar-refractivity contribution is 9.11. The van der Waals surface area contributed by atoms with E-state index in [4.69, 9.17) is 9.84 Å². The molecular formula is C15H24Br2N2O2. The highest BCUT2D eigenvalue weighted by atomic mass is 79.9. The third kappa shape index (κ3) is 7.61. The molecular weight excluding hydrogens is 400 g/mol. The average Bonchev–Trinajstić information content (AvgIpc) is 2.41. The molecule has 0 unspecified atom stereocenters. The molecule has 0 fully saturated rings. The first-order chi connectivity index (χ1) is 10.0. The quantitative estimate of drug-likeness (QED) is 0.506. The topological polar surface area (TPSA) is 53.5 Å². The summed E-state index contributed by atoms with van der Waals surface area (Å²) in [6, 6.07) is 4.08. The molecule has 0 aromatic heterocycles. The van der Waals surface area contributed by atoms with Gasteiger partial charge in [0, 0.05) is 23.1 Å². The van der Waals surface area contributed by atoms with Gasteiger partial charge in [-0.25, -0.2) is 0 Å². The fourth-order valence-electron chi connectivity index (χ4n) is 1.88. The van der Waals surface area contributed by atoms with Crippen molar-refractivity contribution in [1.82, 2.24) is 10.6 Å². The molecule has 0 saturated carbocycles. The number of aliphatic hydroxyl groups excluding tert-OH is 1. The third-order valence-electron chi connectivity index (χ3n) is 2.75. The van der Waals surface area contributed by atoms with Crippen molar-refractivity contribution in [1.29, 1.82) is 0 Å². The number of benzene rings is 1. The Morgan fingerprint density at radius 2 is 1.86 bits per heavy atom. The predicted molar refractivity (Wildman–Crippen MR) is 93.9 cm³/mol. The van der Waals surface area contributed by atoms with Crippen molar-refractivity contribution in [3.05, 3.63) is 26.6 Å². The summed E-state index contributed by atoms with van der Waals surface area (Å²) in [4.78, 5) is 0. The Balaban J connectivity index is 2.49. The van der Waals surface area contributed by atoms with Crippen molar-refractivity contribution in [3.63, 3.8) is 0 Å². The molecule has 0 aliphatic rings. The van der Waals surface area contributed by atoms with Gasteiger partial charge < -0.3 is 20.5 Å². The summed E-state index contributed by atoms with van der Waals surface area (Å²) in [5, 5.41) is 15.3. The summed E-state index contributed by atoms with van der Waals surface area (Å²) in [5.41, 5.74) is 1.13. The van der Waals surface area contributed by atoms with E-state index in [9.17, 15) is 0 Å². The van der Waals surface area contributed by atoms with Crippen molar-refractivity contribution in [2.24, 2.45) is 0 Å². The molecule has 0 heterocycles. The van der Waals surface area contributed by atoms with Gasteiger partial charge in [0.25, 0.3) is 0 Å². The second kappa shape index (κ2) is 10.6. The van der Waals surface area contributed by atoms with Crippen LogP contribution in [0.4, 0.5) is 0 Å². The van der Waals surface area contributed by atoms with Crippen molar-refractivity contribution >= 4 is 31.9 Å². The summed E-state index contributed by atoms with van der Waals surface area (Å²) in [7, 11) is 0. The fraction of sp³-hybridized carbons (Fsp3) is 0.600. The predicted octanol–water partition coefficient (Wildman–Crippen LogP) is 3.06. The minimum atomic E-state index is 0.143. The second-order valence-electron chi connectivity index (χ2n) is 5.05. The van der Waals surface area contributed by atoms with Gasteiger partial charge in [-0.15, -0.1) is 0 Å². The van der Waals surface area contributed by atoms with Crippen LogP contribution in [-0.2, 0) is 6.54 Å². The van der Waals surface area contributed by atoms with Gasteiger partial charge in [0.1, 0.15) is 5.75 Å². The monoisotopic (exact) mass is 422 g/mol. The third-order valence-corrected chi connectivity index (χ3v) is 3.80. The number of hydrogen-bond donors (Lipinski definition) is 3. The van der Waals surface area contributed by atoms with Crippen LogP contribution in [0.1, 0.15) is 25.8 Å². The maximum absolute atomic E-state index is 8.67. The maximum atomic E-state index is 8.67. The molecule has 1 aromatic rings. The van der Waals surface area contributed by atoms with Crippen molar-refractivity contribution in [3.8, 4) is 5.75 Å². The standard InChI is InChI=1S/C15H24Br2N2O2/c1-11(2)21-15-12(8-13(16)9-14(15)17)10-19-5-3-4-18-6-7-20/h8-9,11,18-20H,3-7,10H2,1-2H3. The smallest absolute Gasteiger partial charge is 0.138 e. The molecule has 0 aliphatic heterocycles. The number of halogens is 2. The van der Waals surface area contributed by atoms with Gasteiger partial charge in [-0.3, -0.25) is 0 Å². The average molecular weight is 424 g/mol. The molecule has 0 aliphatic carbocycles. The lowest BCUT2D eigenvalue weighted by molar-refractivity contribution is 0.238. The van der Waals surface area contributed by atoms with E-state index in [1.807, 2.05) is 19.9 Å². The molecule has 0 radical (unpaired) electrons. The van der Waals surface area contributed by atoms with E-state index in [2.05, 4.69) is 48.6 Å². The van der Waals surface area contributed by atoms with E-state index in [0.29, 0.717) is 6.54 Å². The van der Waals surface area contributed by atoms with Gasteiger partial charge in [0.15, 0.2) is 0 Å². The van der Waals surface area contributed by atoms with E-state index in [0.717, 1.165) is 46.3 Å². The van der Waals surface area contributed by atoms with Crippen LogP contribution in [0, 0.1) is 0 Å².